The van der Waals surface area contributed by atoms with Gasteiger partial charge in [0.15, 0.2) is 0 Å². The first-order valence-electron chi connectivity index (χ1n) is 6.57. The van der Waals surface area contributed by atoms with E-state index in [4.69, 9.17) is 11.6 Å². The van der Waals surface area contributed by atoms with Gasteiger partial charge in [-0.2, -0.15) is 0 Å². The summed E-state index contributed by atoms with van der Waals surface area (Å²) in [5.74, 6) is 0. The average Bonchev–Trinajstić information content (AvgIpc) is 2.46. The summed E-state index contributed by atoms with van der Waals surface area (Å²) in [7, 11) is 0. The molecular weight excluding hydrogens is 240 g/mol. The molecule has 0 aliphatic rings. The van der Waals surface area contributed by atoms with Crippen molar-refractivity contribution in [2.45, 2.75) is 32.1 Å². The van der Waals surface area contributed by atoms with E-state index in [0.29, 0.717) is 0 Å². The highest BCUT2D eigenvalue weighted by Gasteiger charge is 2.15. The first kappa shape index (κ1) is 13.2. The van der Waals surface area contributed by atoms with Crippen LogP contribution in [0.25, 0.3) is 0 Å². The quantitative estimate of drug-likeness (QED) is 0.666. The molecule has 94 valence electrons. The van der Waals surface area contributed by atoms with E-state index in [9.17, 15) is 0 Å². The fraction of sp³-hybridized carbons (Fsp3) is 0.294. The molecule has 0 aromatic heterocycles. The maximum Gasteiger partial charge on any atom is 0.0838 e. The molecule has 0 fully saturated rings. The maximum atomic E-state index is 6.64. The van der Waals surface area contributed by atoms with Gasteiger partial charge in [-0.25, -0.2) is 0 Å². The molecule has 0 aliphatic heterocycles. The smallest absolute Gasteiger partial charge is 0.0838 e. The zero-order valence-corrected chi connectivity index (χ0v) is 11.7. The SMILES string of the molecule is CCc1cccc(C(Cl)c2ccccc2)c1CC. The Hall–Kier alpha value is -1.27. The number of benzene rings is 2. The number of rotatable bonds is 4. The van der Waals surface area contributed by atoms with E-state index in [1.807, 2.05) is 18.2 Å². The molecule has 0 saturated carbocycles. The van der Waals surface area contributed by atoms with E-state index < -0.39 is 0 Å². The van der Waals surface area contributed by atoms with E-state index >= 15 is 0 Å². The Balaban J connectivity index is 2.45. The minimum absolute atomic E-state index is 0.0485. The molecule has 0 amide bonds. The largest absolute Gasteiger partial charge is 0.113 e. The van der Waals surface area contributed by atoms with Crippen LogP contribution in [-0.4, -0.2) is 0 Å². The van der Waals surface area contributed by atoms with Crippen molar-refractivity contribution in [3.63, 3.8) is 0 Å². The van der Waals surface area contributed by atoms with Crippen molar-refractivity contribution in [1.29, 1.82) is 0 Å². The molecule has 2 aromatic rings. The van der Waals surface area contributed by atoms with Crippen molar-refractivity contribution >= 4 is 11.6 Å². The van der Waals surface area contributed by atoms with Crippen LogP contribution in [0.1, 0.15) is 41.5 Å². The third kappa shape index (κ3) is 2.59. The summed E-state index contributed by atoms with van der Waals surface area (Å²) >= 11 is 6.64. The van der Waals surface area contributed by atoms with Crippen LogP contribution >= 0.6 is 11.6 Å². The van der Waals surface area contributed by atoms with Crippen molar-refractivity contribution in [2.24, 2.45) is 0 Å². The normalized spacial score (nSPS) is 12.4. The second-order valence-corrected chi connectivity index (χ2v) is 4.90. The van der Waals surface area contributed by atoms with E-state index in [1.165, 1.54) is 22.3 Å². The summed E-state index contributed by atoms with van der Waals surface area (Å²) in [4.78, 5) is 0. The highest BCUT2D eigenvalue weighted by Crippen LogP contribution is 2.32. The molecule has 0 heterocycles. The van der Waals surface area contributed by atoms with Gasteiger partial charge in [-0.15, -0.1) is 11.6 Å². The first-order valence-corrected chi connectivity index (χ1v) is 7.01. The molecule has 18 heavy (non-hydrogen) atoms. The molecule has 0 aliphatic carbocycles. The summed E-state index contributed by atoms with van der Waals surface area (Å²) < 4.78 is 0. The Labute approximate surface area is 115 Å². The second-order valence-electron chi connectivity index (χ2n) is 4.47. The summed E-state index contributed by atoms with van der Waals surface area (Å²) in [6, 6.07) is 16.8. The van der Waals surface area contributed by atoms with Crippen LogP contribution in [0.3, 0.4) is 0 Å². The van der Waals surface area contributed by atoms with Gasteiger partial charge < -0.3 is 0 Å². The van der Waals surface area contributed by atoms with Gasteiger partial charge in [0.05, 0.1) is 5.38 Å². The van der Waals surface area contributed by atoms with Gasteiger partial charge >= 0.3 is 0 Å². The van der Waals surface area contributed by atoms with Crippen molar-refractivity contribution in [3.05, 3.63) is 70.8 Å². The predicted octanol–water partition coefficient (Wildman–Crippen LogP) is 5.14. The molecule has 0 N–H and O–H groups in total. The van der Waals surface area contributed by atoms with Gasteiger partial charge in [0, 0.05) is 0 Å². The summed E-state index contributed by atoms with van der Waals surface area (Å²) in [5.41, 5.74) is 5.24. The van der Waals surface area contributed by atoms with E-state index in [-0.39, 0.29) is 5.38 Å². The molecule has 1 heteroatoms. The zero-order chi connectivity index (χ0) is 13.0. The average molecular weight is 259 g/mol. The van der Waals surface area contributed by atoms with Gasteiger partial charge in [-0.1, -0.05) is 62.4 Å². The third-order valence-electron chi connectivity index (χ3n) is 3.41. The lowest BCUT2D eigenvalue weighted by molar-refractivity contribution is 0.982. The van der Waals surface area contributed by atoms with Crippen molar-refractivity contribution < 1.29 is 0 Å². The number of hydrogen-bond donors (Lipinski definition) is 0. The topological polar surface area (TPSA) is 0 Å². The zero-order valence-electron chi connectivity index (χ0n) is 11.0. The minimum atomic E-state index is -0.0485. The second kappa shape index (κ2) is 6.06. The molecule has 0 nitrogen and oxygen atoms in total. The third-order valence-corrected chi connectivity index (χ3v) is 3.90. The molecule has 1 atom stereocenters. The van der Waals surface area contributed by atoms with Crippen LogP contribution in [0, 0.1) is 0 Å². The van der Waals surface area contributed by atoms with Crippen LogP contribution in [0.2, 0.25) is 0 Å². The number of aryl methyl sites for hydroxylation is 1. The fourth-order valence-corrected chi connectivity index (χ4v) is 2.81. The highest BCUT2D eigenvalue weighted by atomic mass is 35.5. The van der Waals surface area contributed by atoms with Gasteiger partial charge in [-0.3, -0.25) is 0 Å². The Bertz CT molecular complexity index is 502. The van der Waals surface area contributed by atoms with Crippen molar-refractivity contribution in [2.75, 3.05) is 0 Å². The fourth-order valence-electron chi connectivity index (χ4n) is 2.46. The minimum Gasteiger partial charge on any atom is -0.113 e. The van der Waals surface area contributed by atoms with Crippen LogP contribution in [-0.2, 0) is 12.8 Å². The Morgan fingerprint density at radius 2 is 1.61 bits per heavy atom. The van der Waals surface area contributed by atoms with Crippen molar-refractivity contribution in [3.8, 4) is 0 Å². The van der Waals surface area contributed by atoms with Gasteiger partial charge in [0.1, 0.15) is 0 Å². The Kier molecular flexibility index (Phi) is 4.43. The summed E-state index contributed by atoms with van der Waals surface area (Å²) in [6.07, 6.45) is 2.10. The predicted molar refractivity (Wildman–Crippen MR) is 79.3 cm³/mol. The van der Waals surface area contributed by atoms with Gasteiger partial charge in [0.2, 0.25) is 0 Å². The van der Waals surface area contributed by atoms with Crippen LogP contribution < -0.4 is 0 Å². The highest BCUT2D eigenvalue weighted by molar-refractivity contribution is 6.22. The van der Waals surface area contributed by atoms with Crippen LogP contribution in [0.5, 0.6) is 0 Å². The van der Waals surface area contributed by atoms with E-state index in [1.54, 1.807) is 0 Å². The van der Waals surface area contributed by atoms with E-state index in [2.05, 4.69) is 44.2 Å². The monoisotopic (exact) mass is 258 g/mol. The van der Waals surface area contributed by atoms with Gasteiger partial charge in [-0.05, 0) is 35.1 Å². The van der Waals surface area contributed by atoms with Crippen LogP contribution in [0.15, 0.2) is 48.5 Å². The molecule has 0 bridgehead atoms. The number of halogens is 1. The molecule has 0 radical (unpaired) electrons. The Morgan fingerprint density at radius 1 is 0.889 bits per heavy atom. The molecule has 2 aromatic carbocycles. The first-order chi connectivity index (χ1) is 8.77. The Morgan fingerprint density at radius 3 is 2.22 bits per heavy atom. The molecule has 1 unspecified atom stereocenters. The summed E-state index contributed by atoms with van der Waals surface area (Å²) in [5, 5.41) is -0.0485. The standard InChI is InChI=1S/C17H19Cl/c1-3-13-11-8-12-16(15(13)4-2)17(18)14-9-6-5-7-10-14/h5-12,17H,3-4H2,1-2H3. The molecule has 0 spiro atoms. The number of alkyl halides is 1. The van der Waals surface area contributed by atoms with E-state index in [0.717, 1.165) is 12.8 Å². The molecule has 0 saturated heterocycles. The lowest BCUT2D eigenvalue weighted by Gasteiger charge is -2.17. The van der Waals surface area contributed by atoms with Crippen LogP contribution in [0.4, 0.5) is 0 Å². The number of hydrogen-bond acceptors (Lipinski definition) is 0. The lowest BCUT2D eigenvalue weighted by atomic mass is 9.93. The van der Waals surface area contributed by atoms with Crippen molar-refractivity contribution in [1.82, 2.24) is 0 Å². The molecular formula is C17H19Cl. The molecule has 2 rings (SSSR count). The summed E-state index contributed by atoms with van der Waals surface area (Å²) in [6.45, 7) is 4.40. The van der Waals surface area contributed by atoms with Gasteiger partial charge in [0.25, 0.3) is 0 Å². The maximum absolute atomic E-state index is 6.64. The lowest BCUT2D eigenvalue weighted by Crippen LogP contribution is -2.02.